The van der Waals surface area contributed by atoms with Crippen molar-refractivity contribution in [2.45, 2.75) is 25.9 Å². The highest BCUT2D eigenvalue weighted by atomic mass is 35.5. The van der Waals surface area contributed by atoms with Crippen LogP contribution in [0.4, 0.5) is 0 Å². The van der Waals surface area contributed by atoms with Gasteiger partial charge in [0.25, 0.3) is 0 Å². The number of benzene rings is 1. The van der Waals surface area contributed by atoms with Crippen LogP contribution in [0.3, 0.4) is 0 Å². The fraction of sp³-hybridized carbons (Fsp3) is 0.455. The molecule has 0 amide bonds. The summed E-state index contributed by atoms with van der Waals surface area (Å²) >= 11 is 0. The van der Waals surface area contributed by atoms with E-state index in [1.165, 1.54) is 11.1 Å². The fourth-order valence-electron chi connectivity index (χ4n) is 1.93. The van der Waals surface area contributed by atoms with E-state index in [9.17, 15) is 0 Å². The molecule has 3 heteroatoms. The van der Waals surface area contributed by atoms with Crippen LogP contribution in [0.1, 0.15) is 25.0 Å². The van der Waals surface area contributed by atoms with Gasteiger partial charge in [-0.25, -0.2) is 0 Å². The zero-order chi connectivity index (χ0) is 9.47. The molecule has 1 N–H and O–H groups in total. The fourth-order valence-corrected chi connectivity index (χ4v) is 1.93. The van der Waals surface area contributed by atoms with E-state index in [1.807, 2.05) is 12.1 Å². The van der Waals surface area contributed by atoms with Crippen molar-refractivity contribution in [2.24, 2.45) is 0 Å². The SMILES string of the molecule is COc1cccc2c1CNC2(C)C.Cl. The van der Waals surface area contributed by atoms with Crippen molar-refractivity contribution in [3.8, 4) is 5.75 Å². The van der Waals surface area contributed by atoms with Gasteiger partial charge in [-0.3, -0.25) is 0 Å². The molecule has 0 unspecified atom stereocenters. The van der Waals surface area contributed by atoms with Gasteiger partial charge in [0, 0.05) is 17.6 Å². The van der Waals surface area contributed by atoms with Gasteiger partial charge >= 0.3 is 0 Å². The molecule has 0 saturated heterocycles. The molecule has 0 aromatic heterocycles. The quantitative estimate of drug-likeness (QED) is 0.774. The highest BCUT2D eigenvalue weighted by Gasteiger charge is 2.30. The molecule has 1 aromatic carbocycles. The minimum atomic E-state index is 0. The molecule has 0 atom stereocenters. The Morgan fingerprint density at radius 3 is 2.71 bits per heavy atom. The number of methoxy groups -OCH3 is 1. The van der Waals surface area contributed by atoms with E-state index in [0.29, 0.717) is 0 Å². The number of nitrogens with one attached hydrogen (secondary N) is 1. The number of hydrogen-bond acceptors (Lipinski definition) is 2. The summed E-state index contributed by atoms with van der Waals surface area (Å²) in [6, 6.07) is 6.23. The second kappa shape index (κ2) is 3.79. The van der Waals surface area contributed by atoms with E-state index < -0.39 is 0 Å². The van der Waals surface area contributed by atoms with Crippen molar-refractivity contribution in [3.05, 3.63) is 29.3 Å². The van der Waals surface area contributed by atoms with E-state index in [4.69, 9.17) is 4.74 Å². The maximum absolute atomic E-state index is 5.31. The largest absolute Gasteiger partial charge is 0.496 e. The predicted molar refractivity (Wildman–Crippen MR) is 60.1 cm³/mol. The van der Waals surface area contributed by atoms with E-state index in [1.54, 1.807) is 7.11 Å². The summed E-state index contributed by atoms with van der Waals surface area (Å²) in [5, 5.41) is 3.46. The van der Waals surface area contributed by atoms with E-state index in [0.717, 1.165) is 12.3 Å². The summed E-state index contributed by atoms with van der Waals surface area (Å²) in [5.74, 6) is 0.996. The van der Waals surface area contributed by atoms with Crippen molar-refractivity contribution >= 4 is 12.4 Å². The number of fused-ring (bicyclic) bond motifs is 1. The second-order valence-corrected chi connectivity index (χ2v) is 3.96. The van der Waals surface area contributed by atoms with Crippen LogP contribution in [0.25, 0.3) is 0 Å². The zero-order valence-corrected chi connectivity index (χ0v) is 9.57. The van der Waals surface area contributed by atoms with Gasteiger partial charge in [0.2, 0.25) is 0 Å². The Bertz CT molecular complexity index is 336. The van der Waals surface area contributed by atoms with Crippen molar-refractivity contribution in [3.63, 3.8) is 0 Å². The van der Waals surface area contributed by atoms with Gasteiger partial charge in [0.1, 0.15) is 5.75 Å². The summed E-state index contributed by atoms with van der Waals surface area (Å²) in [7, 11) is 1.72. The van der Waals surface area contributed by atoms with Gasteiger partial charge < -0.3 is 10.1 Å². The highest BCUT2D eigenvalue weighted by Crippen LogP contribution is 2.35. The average molecular weight is 214 g/mol. The highest BCUT2D eigenvalue weighted by molar-refractivity contribution is 5.85. The third-order valence-corrected chi connectivity index (χ3v) is 2.73. The molecule has 0 saturated carbocycles. The molecule has 0 radical (unpaired) electrons. The third kappa shape index (κ3) is 1.60. The Morgan fingerprint density at radius 1 is 1.36 bits per heavy atom. The molecular weight excluding hydrogens is 198 g/mol. The first-order valence-electron chi connectivity index (χ1n) is 4.56. The molecule has 0 spiro atoms. The van der Waals surface area contributed by atoms with Crippen molar-refractivity contribution in [2.75, 3.05) is 7.11 Å². The lowest BCUT2D eigenvalue weighted by atomic mass is 9.94. The lowest BCUT2D eigenvalue weighted by molar-refractivity contribution is 0.409. The van der Waals surface area contributed by atoms with Gasteiger partial charge in [0.15, 0.2) is 0 Å². The minimum absolute atomic E-state index is 0. The maximum Gasteiger partial charge on any atom is 0.123 e. The molecular formula is C11H16ClNO. The molecule has 0 aliphatic carbocycles. The van der Waals surface area contributed by atoms with Crippen molar-refractivity contribution in [1.82, 2.24) is 5.32 Å². The minimum Gasteiger partial charge on any atom is -0.496 e. The molecule has 1 heterocycles. The summed E-state index contributed by atoms with van der Waals surface area (Å²) < 4.78 is 5.31. The Morgan fingerprint density at radius 2 is 2.07 bits per heavy atom. The number of hydrogen-bond donors (Lipinski definition) is 1. The van der Waals surface area contributed by atoms with Crippen LogP contribution >= 0.6 is 12.4 Å². The number of halogens is 1. The van der Waals surface area contributed by atoms with Crippen LogP contribution < -0.4 is 10.1 Å². The summed E-state index contributed by atoms with van der Waals surface area (Å²) in [5.41, 5.74) is 2.74. The normalized spacial score (nSPS) is 17.1. The van der Waals surface area contributed by atoms with E-state index in [2.05, 4.69) is 25.2 Å². The lowest BCUT2D eigenvalue weighted by Gasteiger charge is -2.19. The van der Waals surface area contributed by atoms with Gasteiger partial charge in [-0.2, -0.15) is 0 Å². The van der Waals surface area contributed by atoms with Crippen LogP contribution in [0, 0.1) is 0 Å². The van der Waals surface area contributed by atoms with Crippen LogP contribution in [-0.2, 0) is 12.1 Å². The van der Waals surface area contributed by atoms with Gasteiger partial charge in [-0.1, -0.05) is 12.1 Å². The maximum atomic E-state index is 5.31. The van der Waals surface area contributed by atoms with E-state index >= 15 is 0 Å². The Labute approximate surface area is 91.1 Å². The molecule has 0 bridgehead atoms. The topological polar surface area (TPSA) is 21.3 Å². The molecule has 2 rings (SSSR count). The first kappa shape index (κ1) is 11.3. The van der Waals surface area contributed by atoms with E-state index in [-0.39, 0.29) is 17.9 Å². The predicted octanol–water partition coefficient (Wildman–Crippen LogP) is 2.46. The Hall–Kier alpha value is -0.730. The lowest BCUT2D eigenvalue weighted by Crippen LogP contribution is -2.28. The molecule has 1 aliphatic rings. The van der Waals surface area contributed by atoms with Gasteiger partial charge in [0.05, 0.1) is 7.11 Å². The first-order valence-corrected chi connectivity index (χ1v) is 4.56. The third-order valence-electron chi connectivity index (χ3n) is 2.73. The summed E-state index contributed by atoms with van der Waals surface area (Å²) in [6.07, 6.45) is 0. The molecule has 1 aliphatic heterocycles. The number of ether oxygens (including phenoxy) is 1. The van der Waals surface area contributed by atoms with Gasteiger partial charge in [-0.15, -0.1) is 12.4 Å². The van der Waals surface area contributed by atoms with Gasteiger partial charge in [-0.05, 0) is 25.5 Å². The summed E-state index contributed by atoms with van der Waals surface area (Å²) in [6.45, 7) is 5.29. The summed E-state index contributed by atoms with van der Waals surface area (Å²) in [4.78, 5) is 0. The molecule has 2 nitrogen and oxygen atoms in total. The second-order valence-electron chi connectivity index (χ2n) is 3.96. The molecule has 14 heavy (non-hydrogen) atoms. The van der Waals surface area contributed by atoms with Crippen molar-refractivity contribution in [1.29, 1.82) is 0 Å². The van der Waals surface area contributed by atoms with Crippen LogP contribution in [0.15, 0.2) is 18.2 Å². The van der Waals surface area contributed by atoms with Crippen molar-refractivity contribution < 1.29 is 4.74 Å². The smallest absolute Gasteiger partial charge is 0.123 e. The standard InChI is InChI=1S/C11H15NO.ClH/c1-11(2)9-5-4-6-10(13-3)8(9)7-12-11;/h4-6,12H,7H2,1-3H3;1H. The molecule has 0 fully saturated rings. The first-order chi connectivity index (χ1) is 6.15. The molecule has 1 aromatic rings. The zero-order valence-electron chi connectivity index (χ0n) is 8.76. The Balaban J connectivity index is 0.000000980. The van der Waals surface area contributed by atoms with Crippen LogP contribution in [0.2, 0.25) is 0 Å². The average Bonchev–Trinajstić information content (AvgIpc) is 2.43. The Kier molecular flexibility index (Phi) is 3.07. The van der Waals surface area contributed by atoms with Crippen LogP contribution in [0.5, 0.6) is 5.75 Å². The molecule has 78 valence electrons. The monoisotopic (exact) mass is 213 g/mol. The van der Waals surface area contributed by atoms with Crippen LogP contribution in [-0.4, -0.2) is 7.11 Å². The number of rotatable bonds is 1.